The number of benzene rings is 2. The van der Waals surface area contributed by atoms with Crippen molar-refractivity contribution in [1.29, 1.82) is 0 Å². The Bertz CT molecular complexity index is 701. The van der Waals surface area contributed by atoms with Crippen molar-refractivity contribution in [2.75, 3.05) is 19.6 Å². The van der Waals surface area contributed by atoms with Gasteiger partial charge in [-0.3, -0.25) is 9.69 Å². The zero-order valence-electron chi connectivity index (χ0n) is 14.8. The standard InChI is InChI=1S/C21H27N3O/c1-16-13-24(14-18-6-3-2-4-7-18)15-20(16)23-11-10-17-8-5-9-19(12-17)21(22)25/h2-9,12,16,20,23H,10-11,13-15H2,1H3,(H2,22,25)/t16-,20-/m1/s1. The smallest absolute Gasteiger partial charge is 0.248 e. The lowest BCUT2D eigenvalue weighted by Crippen LogP contribution is -2.36. The fourth-order valence-corrected chi connectivity index (χ4v) is 3.59. The van der Waals surface area contributed by atoms with Gasteiger partial charge in [-0.2, -0.15) is 0 Å². The number of likely N-dealkylation sites (tertiary alicyclic amines) is 1. The van der Waals surface area contributed by atoms with E-state index >= 15 is 0 Å². The third-order valence-electron chi connectivity index (χ3n) is 4.97. The Hall–Kier alpha value is -2.17. The van der Waals surface area contributed by atoms with Crippen molar-refractivity contribution in [2.45, 2.75) is 25.9 Å². The number of amides is 1. The first-order valence-corrected chi connectivity index (χ1v) is 9.00. The van der Waals surface area contributed by atoms with Crippen LogP contribution in [-0.4, -0.2) is 36.5 Å². The van der Waals surface area contributed by atoms with Crippen LogP contribution in [0, 0.1) is 5.92 Å². The van der Waals surface area contributed by atoms with Crippen LogP contribution in [0.2, 0.25) is 0 Å². The molecule has 0 spiro atoms. The number of rotatable bonds is 7. The Kier molecular flexibility index (Phi) is 5.84. The third-order valence-corrected chi connectivity index (χ3v) is 4.97. The summed E-state index contributed by atoms with van der Waals surface area (Å²) in [6, 6.07) is 18.8. The number of hydrogen-bond donors (Lipinski definition) is 2. The molecule has 1 saturated heterocycles. The van der Waals surface area contributed by atoms with Crippen LogP contribution in [0.4, 0.5) is 0 Å². The first kappa shape index (κ1) is 17.6. The largest absolute Gasteiger partial charge is 0.366 e. The van der Waals surface area contributed by atoms with Crippen LogP contribution in [-0.2, 0) is 13.0 Å². The highest BCUT2D eigenvalue weighted by Gasteiger charge is 2.28. The molecular weight excluding hydrogens is 310 g/mol. The van der Waals surface area contributed by atoms with Gasteiger partial charge in [0.25, 0.3) is 0 Å². The lowest BCUT2D eigenvalue weighted by Gasteiger charge is -2.17. The molecule has 25 heavy (non-hydrogen) atoms. The Morgan fingerprint density at radius 2 is 1.88 bits per heavy atom. The van der Waals surface area contributed by atoms with E-state index in [1.807, 2.05) is 18.2 Å². The van der Waals surface area contributed by atoms with Gasteiger partial charge < -0.3 is 11.1 Å². The second kappa shape index (κ2) is 8.28. The van der Waals surface area contributed by atoms with E-state index < -0.39 is 0 Å². The molecule has 0 aliphatic carbocycles. The molecule has 2 aromatic carbocycles. The summed E-state index contributed by atoms with van der Waals surface area (Å²) in [5, 5.41) is 3.69. The number of hydrogen-bond acceptors (Lipinski definition) is 3. The first-order chi connectivity index (χ1) is 12.1. The molecule has 1 aliphatic rings. The summed E-state index contributed by atoms with van der Waals surface area (Å²) in [6.45, 7) is 6.46. The Balaban J connectivity index is 1.47. The average molecular weight is 337 g/mol. The molecule has 1 amide bonds. The number of primary amides is 1. The van der Waals surface area contributed by atoms with Gasteiger partial charge in [-0.1, -0.05) is 49.4 Å². The molecule has 2 aromatic rings. The molecule has 0 bridgehead atoms. The highest BCUT2D eigenvalue weighted by atomic mass is 16.1. The number of nitrogens with zero attached hydrogens (tertiary/aromatic N) is 1. The van der Waals surface area contributed by atoms with Crippen molar-refractivity contribution in [3.8, 4) is 0 Å². The molecule has 2 atom stereocenters. The van der Waals surface area contributed by atoms with Gasteiger partial charge in [0.15, 0.2) is 0 Å². The van der Waals surface area contributed by atoms with Gasteiger partial charge in [0.05, 0.1) is 0 Å². The van der Waals surface area contributed by atoms with Crippen LogP contribution in [0.3, 0.4) is 0 Å². The van der Waals surface area contributed by atoms with E-state index in [1.54, 1.807) is 6.07 Å². The molecule has 0 saturated carbocycles. The van der Waals surface area contributed by atoms with Crippen LogP contribution >= 0.6 is 0 Å². The summed E-state index contributed by atoms with van der Waals surface area (Å²) in [5.74, 6) is 0.274. The van der Waals surface area contributed by atoms with Gasteiger partial charge in [-0.15, -0.1) is 0 Å². The molecular formula is C21H27N3O. The summed E-state index contributed by atoms with van der Waals surface area (Å²) >= 11 is 0. The van der Waals surface area contributed by atoms with Gasteiger partial charge in [0.2, 0.25) is 5.91 Å². The van der Waals surface area contributed by atoms with E-state index in [0.717, 1.165) is 38.2 Å². The zero-order valence-corrected chi connectivity index (χ0v) is 14.8. The van der Waals surface area contributed by atoms with Gasteiger partial charge in [-0.05, 0) is 42.1 Å². The molecule has 0 unspecified atom stereocenters. The van der Waals surface area contributed by atoms with Crippen molar-refractivity contribution in [3.63, 3.8) is 0 Å². The summed E-state index contributed by atoms with van der Waals surface area (Å²) in [5.41, 5.74) is 8.45. The minimum absolute atomic E-state index is 0.365. The zero-order chi connectivity index (χ0) is 17.6. The minimum atomic E-state index is -0.365. The van der Waals surface area contributed by atoms with Crippen molar-refractivity contribution < 1.29 is 4.79 Å². The Labute approximate surface area is 150 Å². The minimum Gasteiger partial charge on any atom is -0.366 e. The van der Waals surface area contributed by atoms with Crippen LogP contribution in [0.25, 0.3) is 0 Å². The maximum absolute atomic E-state index is 11.3. The molecule has 4 heteroatoms. The molecule has 1 aliphatic heterocycles. The molecule has 1 fully saturated rings. The molecule has 0 aromatic heterocycles. The van der Waals surface area contributed by atoms with E-state index in [4.69, 9.17) is 5.73 Å². The SMILES string of the molecule is C[C@@H]1CN(Cc2ccccc2)C[C@H]1NCCc1cccc(C(N)=O)c1. The lowest BCUT2D eigenvalue weighted by atomic mass is 10.1. The van der Waals surface area contributed by atoms with Crippen LogP contribution in [0.15, 0.2) is 54.6 Å². The predicted molar refractivity (Wildman–Crippen MR) is 101 cm³/mol. The summed E-state index contributed by atoms with van der Waals surface area (Å²) in [4.78, 5) is 13.8. The molecule has 1 heterocycles. The van der Waals surface area contributed by atoms with E-state index in [-0.39, 0.29) is 5.91 Å². The normalized spacial score (nSPS) is 20.7. The summed E-state index contributed by atoms with van der Waals surface area (Å²) in [6.07, 6.45) is 0.906. The fourth-order valence-electron chi connectivity index (χ4n) is 3.59. The quantitative estimate of drug-likeness (QED) is 0.816. The fraction of sp³-hybridized carbons (Fsp3) is 0.381. The number of nitrogens with one attached hydrogen (secondary N) is 1. The van der Waals surface area contributed by atoms with Crippen molar-refractivity contribution in [3.05, 3.63) is 71.3 Å². The number of nitrogens with two attached hydrogens (primary N) is 1. The number of carbonyl (C=O) groups is 1. The molecule has 0 radical (unpaired) electrons. The van der Waals surface area contributed by atoms with Crippen LogP contribution in [0.5, 0.6) is 0 Å². The number of carbonyl (C=O) groups excluding carboxylic acids is 1. The first-order valence-electron chi connectivity index (χ1n) is 9.00. The van der Waals surface area contributed by atoms with Gasteiger partial charge in [0, 0.05) is 31.2 Å². The highest BCUT2D eigenvalue weighted by Crippen LogP contribution is 2.19. The van der Waals surface area contributed by atoms with Crippen molar-refractivity contribution in [1.82, 2.24) is 10.2 Å². The second-order valence-electron chi connectivity index (χ2n) is 7.03. The predicted octanol–water partition coefficient (Wildman–Crippen LogP) is 2.44. The molecule has 132 valence electrons. The van der Waals surface area contributed by atoms with E-state index in [2.05, 4.69) is 47.5 Å². The summed E-state index contributed by atoms with van der Waals surface area (Å²) in [7, 11) is 0. The van der Waals surface area contributed by atoms with E-state index in [0.29, 0.717) is 17.5 Å². The maximum Gasteiger partial charge on any atom is 0.248 e. The topological polar surface area (TPSA) is 58.4 Å². The third kappa shape index (κ3) is 4.91. The van der Waals surface area contributed by atoms with Crippen molar-refractivity contribution in [2.24, 2.45) is 11.7 Å². The van der Waals surface area contributed by atoms with Crippen molar-refractivity contribution >= 4 is 5.91 Å². The monoisotopic (exact) mass is 337 g/mol. The summed E-state index contributed by atoms with van der Waals surface area (Å²) < 4.78 is 0. The average Bonchev–Trinajstić information content (AvgIpc) is 2.95. The second-order valence-corrected chi connectivity index (χ2v) is 7.03. The van der Waals surface area contributed by atoms with E-state index in [9.17, 15) is 4.79 Å². The van der Waals surface area contributed by atoms with E-state index in [1.165, 1.54) is 5.56 Å². The van der Waals surface area contributed by atoms with Gasteiger partial charge in [0.1, 0.15) is 0 Å². The van der Waals surface area contributed by atoms with Crippen LogP contribution < -0.4 is 11.1 Å². The molecule has 3 N–H and O–H groups in total. The molecule has 3 rings (SSSR count). The molecule has 4 nitrogen and oxygen atoms in total. The Morgan fingerprint density at radius 1 is 1.12 bits per heavy atom. The van der Waals surface area contributed by atoms with Gasteiger partial charge >= 0.3 is 0 Å². The lowest BCUT2D eigenvalue weighted by molar-refractivity contribution is 0.1000. The van der Waals surface area contributed by atoms with Crippen LogP contribution in [0.1, 0.15) is 28.4 Å². The Morgan fingerprint density at radius 3 is 2.64 bits per heavy atom. The maximum atomic E-state index is 11.3. The van der Waals surface area contributed by atoms with Gasteiger partial charge in [-0.25, -0.2) is 0 Å². The highest BCUT2D eigenvalue weighted by molar-refractivity contribution is 5.92.